The summed E-state index contributed by atoms with van der Waals surface area (Å²) in [5.74, 6) is -0.772. The maximum absolute atomic E-state index is 12.7. The number of rotatable bonds is 8. The van der Waals surface area contributed by atoms with Crippen LogP contribution in [0.4, 0.5) is 0 Å². The molecule has 0 aliphatic carbocycles. The summed E-state index contributed by atoms with van der Waals surface area (Å²) < 4.78 is 29.9. The maximum atomic E-state index is 12.7. The average molecular weight is 475 g/mol. The molecule has 1 aromatic heterocycles. The molecule has 0 saturated carbocycles. The van der Waals surface area contributed by atoms with Crippen molar-refractivity contribution in [3.63, 3.8) is 0 Å². The molecule has 0 saturated heterocycles. The van der Waals surface area contributed by atoms with Gasteiger partial charge in [0, 0.05) is 34.1 Å². The Bertz CT molecular complexity index is 1250. The van der Waals surface area contributed by atoms with E-state index in [0.717, 1.165) is 11.3 Å². The quantitative estimate of drug-likeness (QED) is 0.395. The molecule has 2 N–H and O–H groups in total. The topological polar surface area (TPSA) is 108 Å². The summed E-state index contributed by atoms with van der Waals surface area (Å²) in [7, 11) is -3.79. The first kappa shape index (κ1) is 23.7. The smallest absolute Gasteiger partial charge is 0.306 e. The number of benzene rings is 2. The molecule has 0 amide bonds. The molecule has 0 aliphatic heterocycles. The lowest BCUT2D eigenvalue weighted by molar-refractivity contribution is -0.142. The van der Waals surface area contributed by atoms with Crippen LogP contribution < -0.4 is 5.14 Å². The molecule has 0 radical (unpaired) electrons. The lowest BCUT2D eigenvalue weighted by atomic mass is 10.1. The minimum atomic E-state index is -3.79. The number of Topliss-reactive ketones (excluding diaryl/α,β-unsaturated/α-hetero) is 1. The molecule has 0 unspecified atom stereocenters. The van der Waals surface area contributed by atoms with Gasteiger partial charge >= 0.3 is 5.97 Å². The first-order valence-electron chi connectivity index (χ1n) is 9.81. The van der Waals surface area contributed by atoms with Gasteiger partial charge in [-0.2, -0.15) is 0 Å². The van der Waals surface area contributed by atoms with E-state index in [-0.39, 0.29) is 23.7 Å². The second-order valence-electron chi connectivity index (χ2n) is 7.37. The van der Waals surface area contributed by atoms with E-state index in [9.17, 15) is 18.0 Å². The van der Waals surface area contributed by atoms with Crippen LogP contribution >= 0.6 is 11.6 Å². The van der Waals surface area contributed by atoms with Gasteiger partial charge in [-0.05, 0) is 68.3 Å². The molecule has 1 heterocycles. The summed E-state index contributed by atoms with van der Waals surface area (Å²) in [5.41, 5.74) is 3.51. The number of sulfonamides is 1. The molecule has 0 fully saturated rings. The fraction of sp³-hybridized carbons (Fsp3) is 0.217. The number of esters is 1. The number of ether oxygens (including phenoxy) is 1. The van der Waals surface area contributed by atoms with Crippen LogP contribution in [-0.4, -0.2) is 31.3 Å². The molecule has 7 nitrogen and oxygen atoms in total. The Morgan fingerprint density at radius 2 is 1.66 bits per heavy atom. The third-order valence-electron chi connectivity index (χ3n) is 5.05. The highest BCUT2D eigenvalue weighted by Gasteiger charge is 2.18. The number of aryl methyl sites for hydroxylation is 2. The van der Waals surface area contributed by atoms with Gasteiger partial charge in [-0.1, -0.05) is 23.7 Å². The number of nitrogens with two attached hydrogens (primary N) is 1. The van der Waals surface area contributed by atoms with Gasteiger partial charge < -0.3 is 9.30 Å². The van der Waals surface area contributed by atoms with Gasteiger partial charge in [-0.3, -0.25) is 9.59 Å². The summed E-state index contributed by atoms with van der Waals surface area (Å²) in [5, 5.41) is 5.77. The third kappa shape index (κ3) is 5.64. The van der Waals surface area contributed by atoms with Crippen molar-refractivity contribution in [2.45, 2.75) is 31.6 Å². The van der Waals surface area contributed by atoms with E-state index in [0.29, 0.717) is 28.4 Å². The monoisotopic (exact) mass is 474 g/mol. The SMILES string of the molecule is Cc1cc(C(=O)COC(=O)CCc2ccc(Cl)cc2)c(C)n1-c1ccc(S(N)(=O)=O)cc1. The van der Waals surface area contributed by atoms with E-state index in [4.69, 9.17) is 21.5 Å². The molecular weight excluding hydrogens is 452 g/mol. The van der Waals surface area contributed by atoms with Crippen molar-refractivity contribution < 1.29 is 22.7 Å². The second kappa shape index (κ2) is 9.68. The second-order valence-corrected chi connectivity index (χ2v) is 9.37. The van der Waals surface area contributed by atoms with Crippen LogP contribution in [0.2, 0.25) is 5.02 Å². The Balaban J connectivity index is 1.65. The Morgan fingerprint density at radius 1 is 1.03 bits per heavy atom. The lowest BCUT2D eigenvalue weighted by Gasteiger charge is -2.10. The highest BCUT2D eigenvalue weighted by atomic mass is 35.5. The van der Waals surface area contributed by atoms with Crippen molar-refractivity contribution in [2.24, 2.45) is 5.14 Å². The Kier molecular flexibility index (Phi) is 7.18. The fourth-order valence-electron chi connectivity index (χ4n) is 3.42. The molecule has 168 valence electrons. The van der Waals surface area contributed by atoms with Crippen LogP contribution in [0.1, 0.15) is 33.7 Å². The molecule has 2 aromatic carbocycles. The van der Waals surface area contributed by atoms with E-state index < -0.39 is 16.0 Å². The number of hydrogen-bond acceptors (Lipinski definition) is 5. The fourth-order valence-corrected chi connectivity index (χ4v) is 4.06. The van der Waals surface area contributed by atoms with Crippen LogP contribution in [-0.2, 0) is 26.0 Å². The maximum Gasteiger partial charge on any atom is 0.306 e. The molecule has 32 heavy (non-hydrogen) atoms. The highest BCUT2D eigenvalue weighted by molar-refractivity contribution is 7.89. The van der Waals surface area contributed by atoms with Crippen molar-refractivity contribution in [3.8, 4) is 5.69 Å². The van der Waals surface area contributed by atoms with E-state index in [1.165, 1.54) is 12.1 Å². The first-order valence-corrected chi connectivity index (χ1v) is 11.7. The summed E-state index contributed by atoms with van der Waals surface area (Å²) in [6.45, 7) is 3.25. The zero-order valence-electron chi connectivity index (χ0n) is 17.7. The minimum absolute atomic E-state index is 0.00512. The molecule has 0 spiro atoms. The van der Waals surface area contributed by atoms with Crippen molar-refractivity contribution in [1.82, 2.24) is 4.57 Å². The number of nitrogens with zero attached hydrogens (tertiary/aromatic N) is 1. The predicted octanol–water partition coefficient (Wildman–Crippen LogP) is 3.75. The van der Waals surface area contributed by atoms with Crippen LogP contribution in [0.15, 0.2) is 59.5 Å². The molecule has 9 heteroatoms. The summed E-state index contributed by atoms with van der Waals surface area (Å²) in [6, 6.07) is 15.0. The first-order chi connectivity index (χ1) is 15.1. The van der Waals surface area contributed by atoms with Crippen molar-refractivity contribution in [1.29, 1.82) is 0 Å². The standard InChI is InChI=1S/C23H23ClN2O5S/c1-15-13-21(16(2)26(15)19-8-10-20(11-9-19)32(25,29)30)22(27)14-31-23(28)12-5-17-3-6-18(24)7-4-17/h3-4,6-11,13H,5,12,14H2,1-2H3,(H2,25,29,30). The van der Waals surface area contributed by atoms with Gasteiger partial charge in [-0.25, -0.2) is 13.6 Å². The highest BCUT2D eigenvalue weighted by Crippen LogP contribution is 2.22. The lowest BCUT2D eigenvalue weighted by Crippen LogP contribution is -2.15. The van der Waals surface area contributed by atoms with Gasteiger partial charge in [0.1, 0.15) is 0 Å². The molecule has 3 aromatic rings. The number of carbonyl (C=O) groups is 2. The number of halogens is 1. The van der Waals surface area contributed by atoms with Crippen LogP contribution in [0.5, 0.6) is 0 Å². The van der Waals surface area contributed by atoms with Crippen LogP contribution in [0.25, 0.3) is 5.69 Å². The molecule has 0 aliphatic rings. The molecular formula is C23H23ClN2O5S. The van der Waals surface area contributed by atoms with Gasteiger partial charge in [0.2, 0.25) is 15.8 Å². The molecule has 0 bridgehead atoms. The Morgan fingerprint density at radius 3 is 2.25 bits per heavy atom. The molecule has 3 rings (SSSR count). The van der Waals surface area contributed by atoms with E-state index in [1.807, 2.05) is 23.6 Å². The summed E-state index contributed by atoms with van der Waals surface area (Å²) in [4.78, 5) is 24.7. The largest absolute Gasteiger partial charge is 0.457 e. The summed E-state index contributed by atoms with van der Waals surface area (Å²) >= 11 is 5.85. The van der Waals surface area contributed by atoms with Crippen molar-refractivity contribution >= 4 is 33.4 Å². The zero-order chi connectivity index (χ0) is 23.5. The molecule has 0 atom stereocenters. The van der Waals surface area contributed by atoms with E-state index >= 15 is 0 Å². The van der Waals surface area contributed by atoms with E-state index in [1.54, 1.807) is 37.3 Å². The number of primary sulfonamides is 1. The number of aromatic nitrogens is 1. The van der Waals surface area contributed by atoms with Gasteiger partial charge in [0.25, 0.3) is 0 Å². The number of ketones is 1. The van der Waals surface area contributed by atoms with Crippen molar-refractivity contribution in [3.05, 3.63) is 82.1 Å². The Labute approximate surface area is 191 Å². The predicted molar refractivity (Wildman–Crippen MR) is 122 cm³/mol. The van der Waals surface area contributed by atoms with Gasteiger partial charge in [-0.15, -0.1) is 0 Å². The number of carbonyl (C=O) groups excluding carboxylic acids is 2. The third-order valence-corrected chi connectivity index (χ3v) is 6.23. The average Bonchev–Trinajstić information content (AvgIpc) is 3.05. The normalized spacial score (nSPS) is 11.4. The summed E-state index contributed by atoms with van der Waals surface area (Å²) in [6.07, 6.45) is 0.650. The van der Waals surface area contributed by atoms with E-state index in [2.05, 4.69) is 0 Å². The van der Waals surface area contributed by atoms with Gasteiger partial charge in [0.05, 0.1) is 4.90 Å². The van der Waals surface area contributed by atoms with Crippen LogP contribution in [0.3, 0.4) is 0 Å². The zero-order valence-corrected chi connectivity index (χ0v) is 19.2. The minimum Gasteiger partial charge on any atom is -0.457 e. The van der Waals surface area contributed by atoms with Gasteiger partial charge in [0.15, 0.2) is 6.61 Å². The Hall–Kier alpha value is -2.94. The number of hydrogen-bond donors (Lipinski definition) is 1. The van der Waals surface area contributed by atoms with Crippen molar-refractivity contribution in [2.75, 3.05) is 6.61 Å². The van der Waals surface area contributed by atoms with Crippen LogP contribution in [0, 0.1) is 13.8 Å².